The van der Waals surface area contributed by atoms with E-state index in [4.69, 9.17) is 0 Å². The van der Waals surface area contributed by atoms with Crippen LogP contribution in [0.1, 0.15) is 50.7 Å². The molecule has 1 N–H and O–H groups in total. The number of urea groups is 1. The van der Waals surface area contributed by atoms with E-state index in [9.17, 15) is 31.1 Å². The summed E-state index contributed by atoms with van der Waals surface area (Å²) in [6, 6.07) is 0.536. The van der Waals surface area contributed by atoms with Gasteiger partial charge in [0.1, 0.15) is 0 Å². The van der Waals surface area contributed by atoms with Gasteiger partial charge >= 0.3 is 18.4 Å². The summed E-state index contributed by atoms with van der Waals surface area (Å²) in [6.45, 7) is 9.99. The van der Waals surface area contributed by atoms with Crippen LogP contribution in [0.2, 0.25) is 0 Å². The lowest BCUT2D eigenvalue weighted by Crippen LogP contribution is -2.64. The monoisotopic (exact) mass is 508 g/mol. The number of carbonyl (C=O) groups excluding carboxylic acids is 1. The molecule has 3 rings (SSSR count). The molecule has 0 aromatic heterocycles. The highest BCUT2D eigenvalue weighted by Gasteiger charge is 2.39. The third kappa shape index (κ3) is 7.49. The minimum Gasteiger partial charge on any atom is -0.321 e. The Morgan fingerprint density at radius 1 is 0.971 bits per heavy atom. The molecule has 11 heteroatoms. The molecule has 198 valence electrons. The first-order chi connectivity index (χ1) is 16.4. The zero-order valence-electron chi connectivity index (χ0n) is 20.2. The van der Waals surface area contributed by atoms with Gasteiger partial charge in [-0.15, -0.1) is 0 Å². The molecular weight excluding hydrogens is 474 g/mol. The molecule has 2 saturated heterocycles. The number of nitrogens with one attached hydrogen (secondary N) is 1. The highest BCUT2D eigenvalue weighted by molar-refractivity contribution is 5.90. The van der Waals surface area contributed by atoms with E-state index in [1.54, 1.807) is 0 Å². The average molecular weight is 509 g/mol. The van der Waals surface area contributed by atoms with Crippen LogP contribution >= 0.6 is 0 Å². The van der Waals surface area contributed by atoms with E-state index < -0.39 is 35.2 Å². The molecular formula is C24H34F6N4O. The van der Waals surface area contributed by atoms with Gasteiger partial charge in [-0.2, -0.15) is 26.3 Å². The first kappa shape index (κ1) is 27.6. The summed E-state index contributed by atoms with van der Waals surface area (Å²) in [4.78, 5) is 18.7. The van der Waals surface area contributed by atoms with Crippen LogP contribution in [0.25, 0.3) is 0 Å². The summed E-state index contributed by atoms with van der Waals surface area (Å²) >= 11 is 0. The quantitative estimate of drug-likeness (QED) is 0.453. The summed E-state index contributed by atoms with van der Waals surface area (Å²) in [6.07, 6.45) is -5.06. The van der Waals surface area contributed by atoms with Gasteiger partial charge in [-0.05, 0) is 30.5 Å². The van der Waals surface area contributed by atoms with Crippen molar-refractivity contribution in [2.75, 3.05) is 51.1 Å². The Bertz CT molecular complexity index is 813. The largest absolute Gasteiger partial charge is 0.416 e. The van der Waals surface area contributed by atoms with Crippen LogP contribution < -0.4 is 5.32 Å². The number of rotatable bonds is 8. The second kappa shape index (κ2) is 11.4. The Hall–Kier alpha value is -2.01. The number of unbranched alkanes of at least 4 members (excludes halogenated alkanes) is 1. The van der Waals surface area contributed by atoms with Crippen LogP contribution in [0.15, 0.2) is 18.2 Å². The molecule has 0 bridgehead atoms. The van der Waals surface area contributed by atoms with E-state index in [-0.39, 0.29) is 12.1 Å². The molecule has 35 heavy (non-hydrogen) atoms. The molecule has 1 unspecified atom stereocenters. The summed E-state index contributed by atoms with van der Waals surface area (Å²) in [7, 11) is 0. The van der Waals surface area contributed by atoms with Crippen molar-refractivity contribution in [3.05, 3.63) is 29.3 Å². The maximum atomic E-state index is 13.0. The van der Waals surface area contributed by atoms with Gasteiger partial charge < -0.3 is 15.1 Å². The first-order valence-corrected chi connectivity index (χ1v) is 12.2. The Balaban J connectivity index is 1.49. The predicted octanol–water partition coefficient (Wildman–Crippen LogP) is 5.77. The molecule has 1 aromatic rings. The van der Waals surface area contributed by atoms with E-state index >= 15 is 0 Å². The number of nitrogens with zero attached hydrogens (tertiary/aromatic N) is 3. The lowest BCUT2D eigenvalue weighted by atomic mass is 9.98. The van der Waals surface area contributed by atoms with Crippen molar-refractivity contribution in [2.45, 2.75) is 57.9 Å². The molecule has 0 spiro atoms. The van der Waals surface area contributed by atoms with Crippen LogP contribution in [-0.4, -0.2) is 72.6 Å². The lowest BCUT2D eigenvalue weighted by molar-refractivity contribution is -0.143. The number of halogens is 6. The minimum absolute atomic E-state index is 0.0431. The fourth-order valence-corrected chi connectivity index (χ4v) is 4.68. The second-order valence-electron chi connectivity index (χ2n) is 9.54. The third-order valence-corrected chi connectivity index (χ3v) is 6.97. The molecule has 0 aliphatic carbocycles. The zero-order valence-corrected chi connectivity index (χ0v) is 20.2. The molecule has 0 saturated carbocycles. The number of alkyl halides is 6. The van der Waals surface area contributed by atoms with Crippen LogP contribution in [0, 0.1) is 5.92 Å². The number of benzene rings is 1. The van der Waals surface area contributed by atoms with Gasteiger partial charge in [-0.3, -0.25) is 4.90 Å². The van der Waals surface area contributed by atoms with E-state index in [2.05, 4.69) is 29.0 Å². The molecule has 2 aliphatic heterocycles. The molecule has 2 amide bonds. The molecule has 5 nitrogen and oxygen atoms in total. The van der Waals surface area contributed by atoms with E-state index in [0.717, 1.165) is 32.7 Å². The van der Waals surface area contributed by atoms with Crippen molar-refractivity contribution in [3.63, 3.8) is 0 Å². The van der Waals surface area contributed by atoms with Crippen LogP contribution in [0.4, 0.5) is 36.8 Å². The summed E-state index contributed by atoms with van der Waals surface area (Å²) < 4.78 is 78.2. The molecule has 2 aliphatic rings. The predicted molar refractivity (Wildman–Crippen MR) is 122 cm³/mol. The highest BCUT2D eigenvalue weighted by atomic mass is 19.4. The topological polar surface area (TPSA) is 38.8 Å². The Morgan fingerprint density at radius 2 is 1.54 bits per heavy atom. The summed E-state index contributed by atoms with van der Waals surface area (Å²) in [5, 5.41) is 2.20. The normalized spacial score (nSPS) is 19.5. The SMILES string of the molecule is CCCCC(CC)CN1CCN(C2CN(C(=O)Nc3cc(C(F)(F)F)cc(C(F)(F)F)c3)C2)CC1. The van der Waals surface area contributed by atoms with Crippen molar-refractivity contribution in [2.24, 2.45) is 5.92 Å². The fourth-order valence-electron chi connectivity index (χ4n) is 4.68. The molecule has 0 radical (unpaired) electrons. The van der Waals surface area contributed by atoms with Crippen molar-refractivity contribution >= 4 is 11.7 Å². The van der Waals surface area contributed by atoms with E-state index in [1.165, 1.54) is 30.6 Å². The average Bonchev–Trinajstić information content (AvgIpc) is 2.75. The number of amides is 2. The molecule has 1 atom stereocenters. The van der Waals surface area contributed by atoms with Crippen molar-refractivity contribution in [3.8, 4) is 0 Å². The molecule has 2 heterocycles. The number of likely N-dealkylation sites (tertiary alicyclic amines) is 1. The Morgan fingerprint density at radius 3 is 2.03 bits per heavy atom. The van der Waals surface area contributed by atoms with E-state index in [0.29, 0.717) is 31.1 Å². The molecule has 2 fully saturated rings. The van der Waals surface area contributed by atoms with Crippen LogP contribution in [-0.2, 0) is 12.4 Å². The van der Waals surface area contributed by atoms with Gasteiger partial charge in [-0.1, -0.05) is 33.1 Å². The zero-order chi connectivity index (χ0) is 25.8. The van der Waals surface area contributed by atoms with Crippen LogP contribution in [0.3, 0.4) is 0 Å². The smallest absolute Gasteiger partial charge is 0.321 e. The molecule has 1 aromatic carbocycles. The third-order valence-electron chi connectivity index (χ3n) is 6.97. The second-order valence-corrected chi connectivity index (χ2v) is 9.54. The van der Waals surface area contributed by atoms with Crippen molar-refractivity contribution in [1.29, 1.82) is 0 Å². The van der Waals surface area contributed by atoms with Gasteiger partial charge in [0.25, 0.3) is 0 Å². The van der Waals surface area contributed by atoms with Crippen molar-refractivity contribution in [1.82, 2.24) is 14.7 Å². The summed E-state index contributed by atoms with van der Waals surface area (Å²) in [5.41, 5.74) is -3.44. The van der Waals surface area contributed by atoms with Gasteiger partial charge in [0.15, 0.2) is 0 Å². The number of anilines is 1. The lowest BCUT2D eigenvalue weighted by Gasteiger charge is -2.48. The van der Waals surface area contributed by atoms with Gasteiger partial charge in [0.05, 0.1) is 11.1 Å². The van der Waals surface area contributed by atoms with Gasteiger partial charge in [0.2, 0.25) is 0 Å². The Kier molecular flexibility index (Phi) is 8.96. The fraction of sp³-hybridized carbons (Fsp3) is 0.708. The number of hydrogen-bond acceptors (Lipinski definition) is 3. The summed E-state index contributed by atoms with van der Waals surface area (Å²) in [5.74, 6) is 0.707. The first-order valence-electron chi connectivity index (χ1n) is 12.2. The minimum atomic E-state index is -4.96. The maximum absolute atomic E-state index is 13.0. The number of carbonyl (C=O) groups is 1. The van der Waals surface area contributed by atoms with Gasteiger partial charge in [-0.25, -0.2) is 4.79 Å². The standard InChI is InChI=1S/C24H34F6N4O/c1-3-5-6-17(4-2)14-32-7-9-33(10-8-32)21-15-34(16-21)22(35)31-20-12-18(23(25,26)27)11-19(13-20)24(28,29)30/h11-13,17,21H,3-10,14-16H2,1-2H3,(H,31,35). The van der Waals surface area contributed by atoms with E-state index in [1.807, 2.05) is 0 Å². The van der Waals surface area contributed by atoms with Crippen molar-refractivity contribution < 1.29 is 31.1 Å². The Labute approximate surface area is 202 Å². The maximum Gasteiger partial charge on any atom is 0.416 e. The highest BCUT2D eigenvalue weighted by Crippen LogP contribution is 2.37. The number of hydrogen-bond donors (Lipinski definition) is 1. The van der Waals surface area contributed by atoms with Crippen LogP contribution in [0.5, 0.6) is 0 Å². The van der Waals surface area contributed by atoms with Gasteiger partial charge in [0, 0.05) is 57.5 Å². The number of piperazine rings is 1.